The molecule has 7 heteroatoms. The topological polar surface area (TPSA) is 97.3 Å². The van der Waals surface area contributed by atoms with E-state index in [1.807, 2.05) is 6.07 Å². The monoisotopic (exact) mass is 289 g/mol. The number of ether oxygens (including phenoxy) is 1. The van der Waals surface area contributed by atoms with Crippen molar-refractivity contribution < 1.29 is 9.84 Å². The van der Waals surface area contributed by atoms with Gasteiger partial charge in [-0.3, -0.25) is 13.9 Å². The van der Waals surface area contributed by atoms with Crippen LogP contribution < -0.4 is 16.0 Å². The van der Waals surface area contributed by atoms with E-state index >= 15 is 0 Å². The number of para-hydroxylation sites is 1. The number of nitrogens with zero attached hydrogens (tertiary/aromatic N) is 2. The predicted molar refractivity (Wildman–Crippen MR) is 77.4 cm³/mol. The molecule has 0 aliphatic carbocycles. The third kappa shape index (κ3) is 2.71. The average molecular weight is 289 g/mol. The molecule has 2 aromatic rings. The highest BCUT2D eigenvalue weighted by Crippen LogP contribution is 2.12. The van der Waals surface area contributed by atoms with E-state index in [9.17, 15) is 14.7 Å². The maximum Gasteiger partial charge on any atom is 0.333 e. The van der Waals surface area contributed by atoms with Gasteiger partial charge in [-0.25, -0.2) is 4.79 Å². The van der Waals surface area contributed by atoms with Crippen molar-refractivity contribution in [3.63, 3.8) is 0 Å². The molecule has 1 aromatic heterocycles. The number of nitrogens with one attached hydrogen (secondary N) is 1. The van der Waals surface area contributed by atoms with Crippen LogP contribution in [-0.4, -0.2) is 26.6 Å². The molecular formula is C14H15N3O4. The molecule has 0 radical (unpaired) electrons. The second-order valence-electron chi connectivity index (χ2n) is 4.48. The van der Waals surface area contributed by atoms with E-state index in [0.717, 1.165) is 9.13 Å². The first kappa shape index (κ1) is 14.6. The molecule has 110 valence electrons. The summed E-state index contributed by atoms with van der Waals surface area (Å²) in [6, 6.07) is 8.81. The molecule has 21 heavy (non-hydrogen) atoms. The summed E-state index contributed by atoms with van der Waals surface area (Å²) in [6.45, 7) is -0.189. The molecule has 0 fully saturated rings. The maximum absolute atomic E-state index is 12.0. The van der Waals surface area contributed by atoms with Crippen molar-refractivity contribution in [1.29, 1.82) is 5.41 Å². The maximum atomic E-state index is 12.0. The van der Waals surface area contributed by atoms with E-state index in [1.165, 1.54) is 14.1 Å². The van der Waals surface area contributed by atoms with Crippen LogP contribution >= 0.6 is 0 Å². The smallest absolute Gasteiger partial charge is 0.333 e. The van der Waals surface area contributed by atoms with Gasteiger partial charge in [0.05, 0.1) is 5.71 Å². The lowest BCUT2D eigenvalue weighted by molar-refractivity contribution is 0.373. The number of aromatic nitrogens is 2. The zero-order chi connectivity index (χ0) is 15.6. The second kappa shape index (κ2) is 5.66. The number of hydrogen-bond acceptors (Lipinski definition) is 5. The van der Waals surface area contributed by atoms with Crippen molar-refractivity contribution in [3.8, 4) is 11.6 Å². The fourth-order valence-corrected chi connectivity index (χ4v) is 1.84. The molecule has 7 nitrogen and oxygen atoms in total. The van der Waals surface area contributed by atoms with E-state index in [0.29, 0.717) is 5.75 Å². The summed E-state index contributed by atoms with van der Waals surface area (Å²) in [5.41, 5.74) is -1.82. The molecule has 0 saturated carbocycles. The highest BCUT2D eigenvalue weighted by atomic mass is 16.5. The summed E-state index contributed by atoms with van der Waals surface area (Å²) in [4.78, 5) is 23.6. The molecule has 1 heterocycles. The molecule has 0 amide bonds. The fourth-order valence-electron chi connectivity index (χ4n) is 1.84. The van der Waals surface area contributed by atoms with Gasteiger partial charge in [0.1, 0.15) is 17.9 Å². The third-order valence-corrected chi connectivity index (χ3v) is 3.06. The lowest BCUT2D eigenvalue weighted by Gasteiger charge is -2.12. The van der Waals surface area contributed by atoms with Crippen LogP contribution in [0.5, 0.6) is 11.6 Å². The Morgan fingerprint density at radius 3 is 2.43 bits per heavy atom. The zero-order valence-electron chi connectivity index (χ0n) is 11.7. The van der Waals surface area contributed by atoms with Crippen molar-refractivity contribution in [2.24, 2.45) is 14.1 Å². The summed E-state index contributed by atoms with van der Waals surface area (Å²) >= 11 is 0. The third-order valence-electron chi connectivity index (χ3n) is 3.06. The van der Waals surface area contributed by atoms with E-state index < -0.39 is 17.1 Å². The van der Waals surface area contributed by atoms with Gasteiger partial charge in [0, 0.05) is 14.1 Å². The molecule has 1 aromatic carbocycles. The minimum Gasteiger partial charge on any atom is -0.494 e. The van der Waals surface area contributed by atoms with Crippen LogP contribution in [0.25, 0.3) is 0 Å². The molecule has 0 bridgehead atoms. The van der Waals surface area contributed by atoms with Crippen LogP contribution in [0.1, 0.15) is 5.56 Å². The van der Waals surface area contributed by atoms with Crippen LogP contribution in [0, 0.1) is 5.41 Å². The first-order chi connectivity index (χ1) is 9.93. The van der Waals surface area contributed by atoms with Crippen LogP contribution in [-0.2, 0) is 14.1 Å². The Morgan fingerprint density at radius 2 is 1.81 bits per heavy atom. The van der Waals surface area contributed by atoms with Gasteiger partial charge in [0.2, 0.25) is 5.88 Å². The van der Waals surface area contributed by atoms with E-state index in [2.05, 4.69) is 0 Å². The summed E-state index contributed by atoms with van der Waals surface area (Å²) in [7, 11) is 2.62. The number of aromatic hydroxyl groups is 1. The van der Waals surface area contributed by atoms with Gasteiger partial charge >= 0.3 is 5.69 Å². The Balaban J connectivity index is 2.32. The quantitative estimate of drug-likeness (QED) is 0.788. The largest absolute Gasteiger partial charge is 0.494 e. The van der Waals surface area contributed by atoms with E-state index in [-0.39, 0.29) is 17.9 Å². The lowest BCUT2D eigenvalue weighted by atomic mass is 10.2. The van der Waals surface area contributed by atoms with Crippen molar-refractivity contribution in [3.05, 3.63) is 56.7 Å². The molecule has 0 aliphatic heterocycles. The normalized spacial score (nSPS) is 10.4. The summed E-state index contributed by atoms with van der Waals surface area (Å²) in [5, 5.41) is 17.8. The minimum atomic E-state index is -0.725. The molecule has 0 aliphatic rings. The molecule has 0 unspecified atom stereocenters. The van der Waals surface area contributed by atoms with Gasteiger partial charge in [-0.1, -0.05) is 18.2 Å². The minimum absolute atomic E-state index is 0.189. The number of benzene rings is 1. The molecular weight excluding hydrogens is 274 g/mol. The Bertz CT molecular complexity index is 790. The molecule has 0 spiro atoms. The zero-order valence-corrected chi connectivity index (χ0v) is 11.7. The SMILES string of the molecule is Cn1c(O)c(C(=N)COc2ccccc2)c(=O)n(C)c1=O. The Morgan fingerprint density at radius 1 is 1.19 bits per heavy atom. The van der Waals surface area contributed by atoms with E-state index in [4.69, 9.17) is 10.1 Å². The first-order valence-corrected chi connectivity index (χ1v) is 6.18. The van der Waals surface area contributed by atoms with Crippen LogP contribution in [0.4, 0.5) is 0 Å². The van der Waals surface area contributed by atoms with Crippen molar-refractivity contribution in [1.82, 2.24) is 9.13 Å². The first-order valence-electron chi connectivity index (χ1n) is 6.18. The summed E-state index contributed by atoms with van der Waals surface area (Å²) in [6.07, 6.45) is 0. The molecule has 0 saturated heterocycles. The number of hydrogen-bond donors (Lipinski definition) is 2. The fraction of sp³-hybridized carbons (Fsp3) is 0.214. The molecule has 2 N–H and O–H groups in total. The van der Waals surface area contributed by atoms with Gasteiger partial charge < -0.3 is 15.3 Å². The Hall–Kier alpha value is -2.83. The Kier molecular flexibility index (Phi) is 3.93. The standard InChI is InChI=1S/C14H15N3O4/c1-16-12(18)11(13(19)17(2)14(16)20)10(15)8-21-9-6-4-3-5-7-9/h3-7,15,18H,8H2,1-2H3. The molecule has 2 rings (SSSR count). The Labute approximate surface area is 120 Å². The summed E-state index contributed by atoms with van der Waals surface area (Å²) < 4.78 is 7.12. The highest BCUT2D eigenvalue weighted by molar-refractivity contribution is 6.00. The lowest BCUT2D eigenvalue weighted by Crippen LogP contribution is -2.40. The summed E-state index contributed by atoms with van der Waals surface area (Å²) in [5.74, 6) is 0.00754. The van der Waals surface area contributed by atoms with Crippen molar-refractivity contribution >= 4 is 5.71 Å². The average Bonchev–Trinajstić information content (AvgIpc) is 2.50. The van der Waals surface area contributed by atoms with E-state index in [1.54, 1.807) is 24.3 Å². The van der Waals surface area contributed by atoms with Crippen LogP contribution in [0.3, 0.4) is 0 Å². The van der Waals surface area contributed by atoms with Gasteiger partial charge in [0.15, 0.2) is 0 Å². The van der Waals surface area contributed by atoms with Gasteiger partial charge in [-0.05, 0) is 12.1 Å². The van der Waals surface area contributed by atoms with Gasteiger partial charge in [0.25, 0.3) is 5.56 Å². The van der Waals surface area contributed by atoms with Crippen molar-refractivity contribution in [2.45, 2.75) is 0 Å². The van der Waals surface area contributed by atoms with Gasteiger partial charge in [-0.2, -0.15) is 0 Å². The number of rotatable bonds is 4. The van der Waals surface area contributed by atoms with Crippen LogP contribution in [0.15, 0.2) is 39.9 Å². The molecule has 0 atom stereocenters. The highest BCUT2D eigenvalue weighted by Gasteiger charge is 2.19. The van der Waals surface area contributed by atoms with Crippen molar-refractivity contribution in [2.75, 3.05) is 6.61 Å². The van der Waals surface area contributed by atoms with Gasteiger partial charge in [-0.15, -0.1) is 0 Å². The van der Waals surface area contributed by atoms with Crippen LogP contribution in [0.2, 0.25) is 0 Å². The second-order valence-corrected chi connectivity index (χ2v) is 4.48. The predicted octanol–water partition coefficient (Wildman–Crippen LogP) is 0.236.